The van der Waals surface area contributed by atoms with Gasteiger partial charge < -0.3 is 4.74 Å². The number of hydrogen-bond acceptors (Lipinski definition) is 3. The maximum atomic E-state index is 8.63. The molecule has 4 heterocycles. The zero-order valence-electron chi connectivity index (χ0n) is 35.0. The van der Waals surface area contributed by atoms with E-state index in [1.165, 1.54) is 4.57 Å². The van der Waals surface area contributed by atoms with Crippen LogP contribution in [0.5, 0.6) is 17.2 Å². The molecule has 0 atom stereocenters. The fourth-order valence-electron chi connectivity index (χ4n) is 7.29. The Labute approximate surface area is 322 Å². The van der Waals surface area contributed by atoms with E-state index in [0.29, 0.717) is 38.8 Å². The zero-order chi connectivity index (χ0) is 40.7. The van der Waals surface area contributed by atoms with Crippen LogP contribution in [0.15, 0.2) is 115 Å². The van der Waals surface area contributed by atoms with Gasteiger partial charge in [0.1, 0.15) is 5.75 Å². The number of para-hydroxylation sites is 2. The molecule has 0 fully saturated rings. The summed E-state index contributed by atoms with van der Waals surface area (Å²) in [5.41, 5.74) is 7.55. The first-order valence-electron chi connectivity index (χ1n) is 20.4. The van der Waals surface area contributed by atoms with E-state index >= 15 is 0 Å². The normalized spacial score (nSPS) is 15.3. The molecule has 0 saturated heterocycles. The Morgan fingerprint density at radius 3 is 2.40 bits per heavy atom. The Hall–Kier alpha value is -5.19. The topological polar surface area (TPSA) is 46.1 Å². The molecule has 0 unspecified atom stereocenters. The summed E-state index contributed by atoms with van der Waals surface area (Å²) >= 11 is 2.06. The second-order valence-corrected chi connectivity index (χ2v) is 15.4. The number of hydrogen-bond donors (Lipinski definition) is 0. The number of benzene rings is 5. The predicted molar refractivity (Wildman–Crippen MR) is 207 cm³/mol. The minimum absolute atomic E-state index is 0.0426. The molecular formula is C45H40N4O2Pt. The van der Waals surface area contributed by atoms with Crippen LogP contribution in [-0.4, -0.2) is 25.3 Å². The van der Waals surface area contributed by atoms with E-state index in [-0.39, 0.29) is 11.0 Å². The molecule has 0 bridgehead atoms. The molecule has 52 heavy (non-hydrogen) atoms. The average molecular weight is 870 g/mol. The third-order valence-corrected chi connectivity index (χ3v) is 11.0. The van der Waals surface area contributed by atoms with E-state index in [4.69, 9.17) is 22.7 Å². The first-order valence-corrected chi connectivity index (χ1v) is 18.5. The Morgan fingerprint density at radius 1 is 0.788 bits per heavy atom. The minimum Gasteiger partial charge on any atom is -0.493 e. The van der Waals surface area contributed by atoms with E-state index in [1.807, 2.05) is 94.1 Å². The number of fused-ring (bicyclic) bond motifs is 5. The van der Waals surface area contributed by atoms with Gasteiger partial charge in [0, 0.05) is 15.9 Å². The van der Waals surface area contributed by atoms with Crippen LogP contribution in [0.25, 0.3) is 55.5 Å². The van der Waals surface area contributed by atoms with Crippen molar-refractivity contribution in [3.05, 3.63) is 136 Å². The van der Waals surface area contributed by atoms with Crippen molar-refractivity contribution < 1.29 is 37.1 Å². The fourth-order valence-corrected chi connectivity index (χ4v) is 8.13. The van der Waals surface area contributed by atoms with Gasteiger partial charge in [-0.3, -0.25) is 0 Å². The molecule has 0 radical (unpaired) electrons. The van der Waals surface area contributed by atoms with Gasteiger partial charge in [-0.2, -0.15) is 0 Å². The quantitative estimate of drug-likeness (QED) is 0.173. The summed E-state index contributed by atoms with van der Waals surface area (Å²) in [4.78, 5) is 4.95. The number of rotatable bonds is 5. The van der Waals surface area contributed by atoms with Crippen LogP contribution in [0.3, 0.4) is 0 Å². The van der Waals surface area contributed by atoms with Crippen molar-refractivity contribution in [2.45, 2.75) is 45.9 Å². The van der Waals surface area contributed by atoms with Gasteiger partial charge in [0.25, 0.3) is 0 Å². The molecule has 0 saturated carbocycles. The molecule has 3 aromatic heterocycles. The second-order valence-electron chi connectivity index (χ2n) is 14.4. The van der Waals surface area contributed by atoms with Gasteiger partial charge in [-0.1, -0.05) is 45.0 Å². The van der Waals surface area contributed by atoms with E-state index in [2.05, 4.69) is 58.3 Å². The van der Waals surface area contributed by atoms with Crippen LogP contribution < -0.4 is 9.47 Å². The summed E-state index contributed by atoms with van der Waals surface area (Å²) in [6.45, 7) is 2.30. The molecule has 0 aliphatic carbocycles. The van der Waals surface area contributed by atoms with E-state index in [0.717, 1.165) is 68.3 Å². The van der Waals surface area contributed by atoms with Gasteiger partial charge in [-0.15, -0.1) is 0 Å². The molecule has 5 aromatic carbocycles. The van der Waals surface area contributed by atoms with Crippen LogP contribution in [0.4, 0.5) is 0 Å². The van der Waals surface area contributed by atoms with Crippen LogP contribution >= 0.6 is 0 Å². The summed E-state index contributed by atoms with van der Waals surface area (Å²) in [7, 11) is 0. The summed E-state index contributed by atoms with van der Waals surface area (Å²) in [5.74, 6) is 2.40. The van der Waals surface area contributed by atoms with Gasteiger partial charge in [-0.05, 0) is 47.4 Å². The third-order valence-electron chi connectivity index (χ3n) is 9.97. The van der Waals surface area contributed by atoms with Crippen LogP contribution in [0, 0.1) is 10.7 Å². The molecule has 8 aromatic rings. The van der Waals surface area contributed by atoms with Crippen molar-refractivity contribution in [3.63, 3.8) is 0 Å². The number of aromatic nitrogens is 4. The van der Waals surface area contributed by atoms with Gasteiger partial charge in [-0.25, -0.2) is 0 Å². The van der Waals surface area contributed by atoms with Gasteiger partial charge in [0.15, 0.2) is 0 Å². The van der Waals surface area contributed by atoms with Gasteiger partial charge in [0.05, 0.1) is 6.61 Å². The molecule has 1 aliphatic rings. The SMILES string of the molecule is [2H]C([2H])([2H])c1cc(-n2c3cc(Oc4cccc(-n5[c](=[Pt])n(C([2H])([2H])[2H])c6ccccc65)c4)ccc3c3cc4c(cc32)OCCC4)ncc1-c1ccc(C(C)(C)C)cc1. The van der Waals surface area contributed by atoms with Crippen molar-refractivity contribution in [1.29, 1.82) is 0 Å². The monoisotopic (exact) mass is 869 g/mol. The Balaban J connectivity index is 1.18. The Bertz CT molecular complexity index is 2970. The first kappa shape index (κ1) is 26.6. The predicted octanol–water partition coefficient (Wildman–Crippen LogP) is 10.9. The third kappa shape index (κ3) is 5.52. The molecule has 7 heteroatoms. The summed E-state index contributed by atoms with van der Waals surface area (Å²) in [6.07, 6.45) is 3.51. The second kappa shape index (κ2) is 12.5. The number of imidazole rings is 1. The molecule has 9 rings (SSSR count). The maximum absolute atomic E-state index is 8.63. The molecule has 0 spiro atoms. The van der Waals surface area contributed by atoms with Crippen LogP contribution in [-0.2, 0) is 38.2 Å². The van der Waals surface area contributed by atoms with E-state index in [9.17, 15) is 0 Å². The number of aryl methyl sites for hydroxylation is 3. The molecule has 0 amide bonds. The summed E-state index contributed by atoms with van der Waals surface area (Å²) in [5, 5.41) is 1.97. The first-order chi connectivity index (χ1) is 27.6. The van der Waals surface area contributed by atoms with E-state index < -0.39 is 13.8 Å². The number of pyridine rings is 1. The van der Waals surface area contributed by atoms with Crippen molar-refractivity contribution >= 4 is 32.8 Å². The van der Waals surface area contributed by atoms with Crippen molar-refractivity contribution in [1.82, 2.24) is 18.7 Å². The number of nitrogens with zero attached hydrogens (tertiary/aromatic N) is 4. The van der Waals surface area contributed by atoms with Crippen LogP contribution in [0.2, 0.25) is 0 Å². The fraction of sp³-hybridized carbons (Fsp3) is 0.200. The molecule has 6 nitrogen and oxygen atoms in total. The molecule has 262 valence electrons. The smallest absolute Gasteiger partial charge is 0.493 e. The van der Waals surface area contributed by atoms with Crippen molar-refractivity contribution in [3.8, 4) is 39.9 Å². The van der Waals surface area contributed by atoms with E-state index in [1.54, 1.807) is 12.3 Å². The summed E-state index contributed by atoms with van der Waals surface area (Å²) in [6, 6.07) is 34.9. The van der Waals surface area contributed by atoms with Gasteiger partial charge >= 0.3 is 198 Å². The van der Waals surface area contributed by atoms with Gasteiger partial charge in [0.2, 0.25) is 0 Å². The average Bonchev–Trinajstić information content (AvgIpc) is 3.66. The Kier molecular flexibility index (Phi) is 6.38. The standard InChI is InChI=1S/C45H40N4O2.Pt/c1-29-22-44(46-27-38(29)30-15-17-32(18-16-30)45(2,3)4)49-41-25-35(19-20-36(41)37-23-31-10-9-21-50-43(31)26-42(37)49)51-34-12-8-11-33(24-34)48-28-47(5)39-13-6-7-14-40(39)48;/h6-8,11-20,22-27H,9-10,21H2,1-5H3;/i1D3,5D3;. The van der Waals surface area contributed by atoms with Crippen LogP contribution in [0.1, 0.15) is 52.1 Å². The van der Waals surface area contributed by atoms with Crippen molar-refractivity contribution in [2.24, 2.45) is 6.98 Å². The zero-order valence-corrected chi connectivity index (χ0v) is 31.3. The molecular weight excluding hydrogens is 824 g/mol. The summed E-state index contributed by atoms with van der Waals surface area (Å²) < 4.78 is 69.1. The Morgan fingerprint density at radius 2 is 1.60 bits per heavy atom. The molecule has 0 N–H and O–H groups in total. The molecule has 1 aliphatic heterocycles. The van der Waals surface area contributed by atoms with Crippen molar-refractivity contribution in [2.75, 3.05) is 6.61 Å². The number of ether oxygens (including phenoxy) is 2. The minimum atomic E-state index is -2.41.